The Morgan fingerprint density at radius 1 is 1.04 bits per heavy atom. The second-order valence-corrected chi connectivity index (χ2v) is 10.9. The molecule has 4 saturated carbocycles. The smallest absolute Gasteiger partial charge is 0.0544 e. The van der Waals surface area contributed by atoms with Gasteiger partial charge in [0.05, 0.1) is 6.10 Å². The molecule has 0 radical (unpaired) electrons. The summed E-state index contributed by atoms with van der Waals surface area (Å²) in [6.07, 6.45) is 10.3. The zero-order valence-corrected chi connectivity index (χ0v) is 17.6. The SMILES string of the molecule is C=C1CCC2C(CNCC3CC3)C(C3(C)CCC(O)CC3CO)CCC12C. The van der Waals surface area contributed by atoms with E-state index in [1.807, 2.05) is 0 Å². The van der Waals surface area contributed by atoms with Crippen LogP contribution in [0.2, 0.25) is 0 Å². The molecule has 4 aliphatic carbocycles. The standard InChI is InChI=1S/C24H41NO2/c1-16-4-7-21-20(14-25-13-17-5-6-17)22(9-11-23(16,21)2)24(3)10-8-19(27)12-18(24)15-26/h17-22,25-27H,1,4-15H2,2-3H3. The van der Waals surface area contributed by atoms with Crippen LogP contribution in [0.1, 0.15) is 71.6 Å². The Morgan fingerprint density at radius 3 is 2.52 bits per heavy atom. The maximum absolute atomic E-state index is 10.2. The number of fused-ring (bicyclic) bond motifs is 1. The van der Waals surface area contributed by atoms with Crippen molar-refractivity contribution in [1.29, 1.82) is 0 Å². The van der Waals surface area contributed by atoms with Crippen LogP contribution in [-0.4, -0.2) is 36.0 Å². The summed E-state index contributed by atoms with van der Waals surface area (Å²) in [4.78, 5) is 0. The first-order valence-electron chi connectivity index (χ1n) is 11.6. The zero-order valence-electron chi connectivity index (χ0n) is 17.6. The van der Waals surface area contributed by atoms with E-state index in [4.69, 9.17) is 0 Å². The number of aliphatic hydroxyl groups excluding tert-OH is 2. The fourth-order valence-corrected chi connectivity index (χ4v) is 7.24. The third kappa shape index (κ3) is 3.53. The van der Waals surface area contributed by atoms with E-state index in [2.05, 4.69) is 25.7 Å². The summed E-state index contributed by atoms with van der Waals surface area (Å²) in [7, 11) is 0. The second kappa shape index (κ2) is 7.46. The van der Waals surface area contributed by atoms with Crippen molar-refractivity contribution in [2.45, 2.75) is 77.7 Å². The van der Waals surface area contributed by atoms with Gasteiger partial charge in [0.2, 0.25) is 0 Å². The van der Waals surface area contributed by atoms with E-state index >= 15 is 0 Å². The highest BCUT2D eigenvalue weighted by atomic mass is 16.3. The molecule has 154 valence electrons. The molecular formula is C24H41NO2. The molecule has 0 saturated heterocycles. The minimum absolute atomic E-state index is 0.158. The van der Waals surface area contributed by atoms with Gasteiger partial charge in [-0.25, -0.2) is 0 Å². The highest BCUT2D eigenvalue weighted by Crippen LogP contribution is 2.63. The topological polar surface area (TPSA) is 52.5 Å². The monoisotopic (exact) mass is 375 g/mol. The Morgan fingerprint density at radius 2 is 1.81 bits per heavy atom. The molecular weight excluding hydrogens is 334 g/mol. The molecule has 0 spiro atoms. The van der Waals surface area contributed by atoms with E-state index in [9.17, 15) is 10.2 Å². The summed E-state index contributed by atoms with van der Waals surface area (Å²) in [6.45, 7) is 11.9. The fourth-order valence-electron chi connectivity index (χ4n) is 7.24. The largest absolute Gasteiger partial charge is 0.396 e. The lowest BCUT2D eigenvalue weighted by Gasteiger charge is -2.56. The number of aliphatic hydroxyl groups is 2. The molecule has 27 heavy (non-hydrogen) atoms. The number of hydrogen-bond donors (Lipinski definition) is 3. The molecule has 0 bridgehead atoms. The van der Waals surface area contributed by atoms with Gasteiger partial charge in [0, 0.05) is 6.61 Å². The molecule has 0 aromatic carbocycles. The second-order valence-electron chi connectivity index (χ2n) is 10.9. The molecule has 0 aliphatic heterocycles. The Hall–Kier alpha value is -0.380. The van der Waals surface area contributed by atoms with Crippen molar-refractivity contribution < 1.29 is 10.2 Å². The van der Waals surface area contributed by atoms with Crippen molar-refractivity contribution in [3.05, 3.63) is 12.2 Å². The molecule has 7 unspecified atom stereocenters. The molecule has 0 aromatic rings. The van der Waals surface area contributed by atoms with Gasteiger partial charge in [-0.05, 0) is 111 Å². The van der Waals surface area contributed by atoms with E-state index in [1.54, 1.807) is 0 Å². The Kier molecular flexibility index (Phi) is 5.50. The van der Waals surface area contributed by atoms with Crippen LogP contribution in [-0.2, 0) is 0 Å². The van der Waals surface area contributed by atoms with E-state index in [0.29, 0.717) is 17.3 Å². The lowest BCUT2D eigenvalue weighted by atomic mass is 9.49. The van der Waals surface area contributed by atoms with Crippen LogP contribution in [0, 0.1) is 40.4 Å². The van der Waals surface area contributed by atoms with Gasteiger partial charge in [-0.2, -0.15) is 0 Å². The maximum atomic E-state index is 10.2. The zero-order chi connectivity index (χ0) is 19.2. The Bertz CT molecular complexity index is 559. The lowest BCUT2D eigenvalue weighted by molar-refractivity contribution is -0.0933. The highest BCUT2D eigenvalue weighted by molar-refractivity contribution is 5.21. The normalized spacial score (nSPS) is 47.9. The molecule has 0 aromatic heterocycles. The van der Waals surface area contributed by atoms with Crippen LogP contribution in [0.4, 0.5) is 0 Å². The van der Waals surface area contributed by atoms with Crippen LogP contribution in [0.5, 0.6) is 0 Å². The number of allylic oxidation sites excluding steroid dienone is 1. The van der Waals surface area contributed by atoms with Crippen molar-refractivity contribution >= 4 is 0 Å². The van der Waals surface area contributed by atoms with Gasteiger partial charge in [0.25, 0.3) is 0 Å². The summed E-state index contributed by atoms with van der Waals surface area (Å²) in [5, 5.41) is 24.2. The van der Waals surface area contributed by atoms with Crippen molar-refractivity contribution in [3.8, 4) is 0 Å². The molecule has 0 heterocycles. The third-order valence-corrected chi connectivity index (χ3v) is 9.47. The molecule has 0 amide bonds. The van der Waals surface area contributed by atoms with E-state index in [-0.39, 0.29) is 24.0 Å². The fraction of sp³-hybridized carbons (Fsp3) is 0.917. The van der Waals surface area contributed by atoms with Crippen LogP contribution in [0.3, 0.4) is 0 Å². The van der Waals surface area contributed by atoms with E-state index in [0.717, 1.165) is 37.6 Å². The predicted octanol–water partition coefficient (Wildman–Crippen LogP) is 4.14. The van der Waals surface area contributed by atoms with E-state index < -0.39 is 0 Å². The molecule has 3 heteroatoms. The van der Waals surface area contributed by atoms with Gasteiger partial charge in [0.15, 0.2) is 0 Å². The van der Waals surface area contributed by atoms with Crippen LogP contribution < -0.4 is 5.32 Å². The van der Waals surface area contributed by atoms with E-state index in [1.165, 1.54) is 50.6 Å². The summed E-state index contributed by atoms with van der Waals surface area (Å²) in [5.41, 5.74) is 1.97. The molecule has 4 rings (SSSR count). The van der Waals surface area contributed by atoms with Gasteiger partial charge in [0.1, 0.15) is 0 Å². The predicted molar refractivity (Wildman–Crippen MR) is 110 cm³/mol. The van der Waals surface area contributed by atoms with Gasteiger partial charge >= 0.3 is 0 Å². The molecule has 3 N–H and O–H groups in total. The first-order valence-corrected chi connectivity index (χ1v) is 11.6. The Balaban J connectivity index is 1.57. The third-order valence-electron chi connectivity index (χ3n) is 9.47. The first kappa shape index (κ1) is 19.9. The summed E-state index contributed by atoms with van der Waals surface area (Å²) >= 11 is 0. The van der Waals surface area contributed by atoms with Gasteiger partial charge in [-0.15, -0.1) is 0 Å². The molecule has 4 fully saturated rings. The van der Waals surface area contributed by atoms with Crippen molar-refractivity contribution in [2.75, 3.05) is 19.7 Å². The first-order chi connectivity index (χ1) is 12.9. The summed E-state index contributed by atoms with van der Waals surface area (Å²) in [6, 6.07) is 0. The Labute approximate surface area is 166 Å². The molecule has 7 atom stereocenters. The average molecular weight is 376 g/mol. The van der Waals surface area contributed by atoms with Gasteiger partial charge in [-0.3, -0.25) is 0 Å². The van der Waals surface area contributed by atoms with Crippen LogP contribution >= 0.6 is 0 Å². The number of hydrogen-bond acceptors (Lipinski definition) is 3. The van der Waals surface area contributed by atoms with Crippen LogP contribution in [0.15, 0.2) is 12.2 Å². The molecule has 3 nitrogen and oxygen atoms in total. The van der Waals surface area contributed by atoms with Gasteiger partial charge in [-0.1, -0.05) is 26.0 Å². The lowest BCUT2D eigenvalue weighted by Crippen LogP contribution is -2.53. The highest BCUT2D eigenvalue weighted by Gasteiger charge is 2.56. The van der Waals surface area contributed by atoms with Crippen molar-refractivity contribution in [3.63, 3.8) is 0 Å². The van der Waals surface area contributed by atoms with Crippen molar-refractivity contribution in [1.82, 2.24) is 5.32 Å². The summed E-state index contributed by atoms with van der Waals surface area (Å²) < 4.78 is 0. The number of nitrogens with one attached hydrogen (secondary N) is 1. The average Bonchev–Trinajstić information content (AvgIpc) is 3.42. The van der Waals surface area contributed by atoms with Gasteiger partial charge < -0.3 is 15.5 Å². The number of rotatable bonds is 6. The minimum Gasteiger partial charge on any atom is -0.396 e. The van der Waals surface area contributed by atoms with Crippen molar-refractivity contribution in [2.24, 2.45) is 40.4 Å². The maximum Gasteiger partial charge on any atom is 0.0544 e. The van der Waals surface area contributed by atoms with Crippen LogP contribution in [0.25, 0.3) is 0 Å². The minimum atomic E-state index is -0.221. The summed E-state index contributed by atoms with van der Waals surface area (Å²) in [5.74, 6) is 3.22. The molecule has 4 aliphatic rings. The quantitative estimate of drug-likeness (QED) is 0.612.